The van der Waals surface area contributed by atoms with E-state index in [1.54, 1.807) is 6.07 Å². The number of piperazine rings is 1. The number of primary amides is 1. The Labute approximate surface area is 113 Å². The molecule has 0 unspecified atom stereocenters. The third-order valence-electron chi connectivity index (χ3n) is 3.50. The van der Waals surface area contributed by atoms with Crippen molar-refractivity contribution in [3.05, 3.63) is 35.4 Å². The Morgan fingerprint density at radius 3 is 2.53 bits per heavy atom. The molecule has 19 heavy (non-hydrogen) atoms. The van der Waals surface area contributed by atoms with E-state index in [-0.39, 0.29) is 12.5 Å². The molecular formula is C14H21N3O2. The summed E-state index contributed by atoms with van der Waals surface area (Å²) in [7, 11) is 0. The average Bonchev–Trinajstić information content (AvgIpc) is 2.42. The first-order chi connectivity index (χ1) is 9.19. The van der Waals surface area contributed by atoms with Gasteiger partial charge in [0, 0.05) is 44.8 Å². The van der Waals surface area contributed by atoms with Gasteiger partial charge in [0.05, 0.1) is 6.61 Å². The van der Waals surface area contributed by atoms with Crippen molar-refractivity contribution in [2.24, 2.45) is 5.73 Å². The third kappa shape index (κ3) is 4.02. The molecule has 2 rings (SSSR count). The van der Waals surface area contributed by atoms with Crippen LogP contribution in [0.25, 0.3) is 0 Å². The molecule has 1 aliphatic rings. The molecule has 5 heteroatoms. The van der Waals surface area contributed by atoms with Crippen molar-refractivity contribution >= 4 is 5.91 Å². The Hall–Kier alpha value is -1.43. The van der Waals surface area contributed by atoms with E-state index in [0.29, 0.717) is 5.56 Å². The van der Waals surface area contributed by atoms with E-state index in [1.165, 1.54) is 0 Å². The lowest BCUT2D eigenvalue weighted by atomic mass is 10.1. The minimum Gasteiger partial charge on any atom is -0.395 e. The minimum atomic E-state index is -0.380. The van der Waals surface area contributed by atoms with Crippen LogP contribution in [0.1, 0.15) is 15.9 Å². The van der Waals surface area contributed by atoms with Gasteiger partial charge in [-0.05, 0) is 17.7 Å². The van der Waals surface area contributed by atoms with Crippen LogP contribution in [-0.2, 0) is 6.54 Å². The molecule has 1 aromatic rings. The van der Waals surface area contributed by atoms with Crippen molar-refractivity contribution in [1.29, 1.82) is 0 Å². The van der Waals surface area contributed by atoms with Gasteiger partial charge in [-0.2, -0.15) is 0 Å². The van der Waals surface area contributed by atoms with Gasteiger partial charge < -0.3 is 10.8 Å². The average molecular weight is 263 g/mol. The number of amides is 1. The van der Waals surface area contributed by atoms with Crippen LogP contribution >= 0.6 is 0 Å². The summed E-state index contributed by atoms with van der Waals surface area (Å²) >= 11 is 0. The van der Waals surface area contributed by atoms with Crippen LogP contribution in [-0.4, -0.2) is 60.1 Å². The van der Waals surface area contributed by atoms with Gasteiger partial charge in [0.15, 0.2) is 0 Å². The van der Waals surface area contributed by atoms with Gasteiger partial charge in [0.25, 0.3) is 0 Å². The number of β-amino-alcohol motifs (C(OH)–C–C–N with tert-alkyl or cyclic N) is 1. The van der Waals surface area contributed by atoms with Crippen LogP contribution in [0.2, 0.25) is 0 Å². The van der Waals surface area contributed by atoms with Crippen molar-refractivity contribution in [1.82, 2.24) is 9.80 Å². The first kappa shape index (κ1) is 14.0. The molecule has 3 N–H and O–H groups in total. The SMILES string of the molecule is NC(=O)c1cccc(CN2CCN(CCO)CC2)c1. The molecule has 0 saturated carbocycles. The van der Waals surface area contributed by atoms with E-state index < -0.39 is 0 Å². The third-order valence-corrected chi connectivity index (χ3v) is 3.50. The highest BCUT2D eigenvalue weighted by Gasteiger charge is 2.16. The summed E-state index contributed by atoms with van der Waals surface area (Å²) in [6, 6.07) is 7.50. The predicted octanol–water partition coefficient (Wildman–Crippen LogP) is -0.105. The number of benzene rings is 1. The molecule has 5 nitrogen and oxygen atoms in total. The molecule has 0 atom stereocenters. The maximum atomic E-state index is 11.1. The topological polar surface area (TPSA) is 69.8 Å². The molecule has 0 radical (unpaired) electrons. The van der Waals surface area contributed by atoms with Gasteiger partial charge in [-0.1, -0.05) is 12.1 Å². The highest BCUT2D eigenvalue weighted by molar-refractivity contribution is 5.92. The van der Waals surface area contributed by atoms with Crippen molar-refractivity contribution in [2.75, 3.05) is 39.3 Å². The van der Waals surface area contributed by atoms with Crippen LogP contribution in [0, 0.1) is 0 Å². The fourth-order valence-electron chi connectivity index (χ4n) is 2.39. The molecule has 1 fully saturated rings. The Morgan fingerprint density at radius 1 is 1.21 bits per heavy atom. The number of nitrogens with two attached hydrogens (primary N) is 1. The molecule has 1 aromatic carbocycles. The van der Waals surface area contributed by atoms with Crippen LogP contribution < -0.4 is 5.73 Å². The highest BCUT2D eigenvalue weighted by atomic mass is 16.3. The van der Waals surface area contributed by atoms with E-state index in [1.807, 2.05) is 18.2 Å². The van der Waals surface area contributed by atoms with E-state index in [9.17, 15) is 4.79 Å². The zero-order valence-electron chi connectivity index (χ0n) is 11.1. The largest absolute Gasteiger partial charge is 0.395 e. The first-order valence-electron chi connectivity index (χ1n) is 6.63. The lowest BCUT2D eigenvalue weighted by Gasteiger charge is -2.34. The number of hydrogen-bond acceptors (Lipinski definition) is 4. The Bertz CT molecular complexity index is 428. The van der Waals surface area contributed by atoms with Crippen molar-refractivity contribution in [3.8, 4) is 0 Å². The number of aliphatic hydroxyl groups is 1. The normalized spacial score (nSPS) is 17.5. The van der Waals surface area contributed by atoms with Crippen molar-refractivity contribution in [2.45, 2.75) is 6.54 Å². The smallest absolute Gasteiger partial charge is 0.248 e. The molecule has 104 valence electrons. The maximum absolute atomic E-state index is 11.1. The van der Waals surface area contributed by atoms with Gasteiger partial charge in [0.2, 0.25) is 5.91 Å². The second-order valence-electron chi connectivity index (χ2n) is 4.91. The van der Waals surface area contributed by atoms with Gasteiger partial charge in [-0.3, -0.25) is 14.6 Å². The van der Waals surface area contributed by atoms with Crippen LogP contribution in [0.4, 0.5) is 0 Å². The highest BCUT2D eigenvalue weighted by Crippen LogP contribution is 2.10. The number of carbonyl (C=O) groups is 1. The predicted molar refractivity (Wildman–Crippen MR) is 73.8 cm³/mol. The van der Waals surface area contributed by atoms with E-state index in [2.05, 4.69) is 9.80 Å². The monoisotopic (exact) mass is 263 g/mol. The quantitative estimate of drug-likeness (QED) is 0.778. The zero-order valence-corrected chi connectivity index (χ0v) is 11.1. The van der Waals surface area contributed by atoms with E-state index in [4.69, 9.17) is 10.8 Å². The second kappa shape index (κ2) is 6.65. The van der Waals surface area contributed by atoms with Crippen LogP contribution in [0.5, 0.6) is 0 Å². The van der Waals surface area contributed by atoms with Gasteiger partial charge >= 0.3 is 0 Å². The molecule has 1 aliphatic heterocycles. The summed E-state index contributed by atoms with van der Waals surface area (Å²) in [6.07, 6.45) is 0. The second-order valence-corrected chi connectivity index (χ2v) is 4.91. The molecule has 1 saturated heterocycles. The van der Waals surface area contributed by atoms with Gasteiger partial charge in [-0.15, -0.1) is 0 Å². The molecule has 0 bridgehead atoms. The maximum Gasteiger partial charge on any atom is 0.248 e. The van der Waals surface area contributed by atoms with E-state index >= 15 is 0 Å². The Kier molecular flexibility index (Phi) is 4.90. The van der Waals surface area contributed by atoms with Crippen molar-refractivity contribution in [3.63, 3.8) is 0 Å². The number of nitrogens with zero attached hydrogens (tertiary/aromatic N) is 2. The summed E-state index contributed by atoms with van der Waals surface area (Å²) < 4.78 is 0. The number of aliphatic hydroxyl groups excluding tert-OH is 1. The molecule has 0 aromatic heterocycles. The summed E-state index contributed by atoms with van der Waals surface area (Å²) in [6.45, 7) is 5.76. The van der Waals surface area contributed by atoms with Crippen LogP contribution in [0.3, 0.4) is 0 Å². The van der Waals surface area contributed by atoms with Crippen LogP contribution in [0.15, 0.2) is 24.3 Å². The first-order valence-corrected chi connectivity index (χ1v) is 6.63. The number of rotatable bonds is 5. The standard InChI is InChI=1S/C14H21N3O2/c15-14(19)13-3-1-2-12(10-13)11-17-6-4-16(5-7-17)8-9-18/h1-3,10,18H,4-9,11H2,(H2,15,19). The minimum absolute atomic E-state index is 0.223. The van der Waals surface area contributed by atoms with E-state index in [0.717, 1.165) is 44.8 Å². The Morgan fingerprint density at radius 2 is 1.89 bits per heavy atom. The molecule has 0 aliphatic carbocycles. The number of carbonyl (C=O) groups excluding carboxylic acids is 1. The fraction of sp³-hybridized carbons (Fsp3) is 0.500. The van der Waals surface area contributed by atoms with Gasteiger partial charge in [-0.25, -0.2) is 0 Å². The summed E-state index contributed by atoms with van der Waals surface area (Å²) in [5.41, 5.74) is 6.97. The summed E-state index contributed by atoms with van der Waals surface area (Å²) in [5, 5.41) is 8.90. The lowest BCUT2D eigenvalue weighted by molar-refractivity contribution is 0.0999. The lowest BCUT2D eigenvalue weighted by Crippen LogP contribution is -2.46. The molecule has 1 heterocycles. The Balaban J connectivity index is 1.88. The van der Waals surface area contributed by atoms with Crippen molar-refractivity contribution < 1.29 is 9.90 Å². The van der Waals surface area contributed by atoms with Gasteiger partial charge in [0.1, 0.15) is 0 Å². The summed E-state index contributed by atoms with van der Waals surface area (Å²) in [5.74, 6) is -0.380. The summed E-state index contributed by atoms with van der Waals surface area (Å²) in [4.78, 5) is 15.8. The molecule has 1 amide bonds. The molecular weight excluding hydrogens is 242 g/mol. The zero-order chi connectivity index (χ0) is 13.7. The number of hydrogen-bond donors (Lipinski definition) is 2. The molecule has 0 spiro atoms. The fourth-order valence-corrected chi connectivity index (χ4v) is 2.39.